The van der Waals surface area contributed by atoms with E-state index in [0.717, 1.165) is 16.8 Å². The number of ether oxygens (including phenoxy) is 1. The van der Waals surface area contributed by atoms with Crippen LogP contribution < -0.4 is 0 Å². The summed E-state index contributed by atoms with van der Waals surface area (Å²) in [5, 5.41) is 4.67. The Kier molecular flexibility index (Phi) is 6.34. The zero-order chi connectivity index (χ0) is 22.0. The van der Waals surface area contributed by atoms with Gasteiger partial charge >= 0.3 is 6.18 Å². The number of hydrogen-bond acceptors (Lipinski definition) is 4. The summed E-state index contributed by atoms with van der Waals surface area (Å²) in [6.07, 6.45) is -4.52. The molecule has 0 bridgehead atoms. The number of benzene rings is 1. The molecule has 2 aromatic rings. The molecule has 1 atom stereocenters. The van der Waals surface area contributed by atoms with E-state index in [2.05, 4.69) is 5.10 Å². The maximum Gasteiger partial charge on any atom is 0.390 e. The summed E-state index contributed by atoms with van der Waals surface area (Å²) in [6, 6.07) is 9.18. The molecule has 0 aliphatic carbocycles. The van der Waals surface area contributed by atoms with Crippen molar-refractivity contribution in [3.63, 3.8) is 0 Å². The molecular weight excluding hydrogens is 409 g/mol. The highest BCUT2D eigenvalue weighted by Gasteiger charge is 2.36. The van der Waals surface area contributed by atoms with Gasteiger partial charge in [-0.25, -0.2) is 0 Å². The van der Waals surface area contributed by atoms with Gasteiger partial charge < -0.3 is 9.64 Å². The lowest BCUT2D eigenvalue weighted by Crippen LogP contribution is -2.43. The smallest absolute Gasteiger partial charge is 0.378 e. The van der Waals surface area contributed by atoms with Crippen molar-refractivity contribution >= 4 is 5.91 Å². The Hall–Kier alpha value is -2.39. The van der Waals surface area contributed by atoms with Gasteiger partial charge in [-0.2, -0.15) is 18.3 Å². The fourth-order valence-corrected chi connectivity index (χ4v) is 4.33. The van der Waals surface area contributed by atoms with Gasteiger partial charge in [0.15, 0.2) is 5.69 Å². The summed E-state index contributed by atoms with van der Waals surface area (Å²) in [5.41, 5.74) is 3.12. The van der Waals surface area contributed by atoms with Crippen LogP contribution in [-0.2, 0) is 24.2 Å². The number of carbonyl (C=O) groups excluding carboxylic acids is 1. The fourth-order valence-electron chi connectivity index (χ4n) is 4.33. The first-order chi connectivity index (χ1) is 14.8. The van der Waals surface area contributed by atoms with Crippen LogP contribution in [0.5, 0.6) is 0 Å². The van der Waals surface area contributed by atoms with E-state index in [4.69, 9.17) is 4.74 Å². The lowest BCUT2D eigenvalue weighted by atomic mass is 10.0. The van der Waals surface area contributed by atoms with Crippen LogP contribution in [0.25, 0.3) is 0 Å². The number of alkyl halides is 3. The van der Waals surface area contributed by atoms with E-state index >= 15 is 0 Å². The van der Waals surface area contributed by atoms with Crippen LogP contribution in [0, 0.1) is 0 Å². The highest BCUT2D eigenvalue weighted by Crippen LogP contribution is 2.30. The molecule has 31 heavy (non-hydrogen) atoms. The molecule has 1 fully saturated rings. The molecule has 1 aromatic heterocycles. The highest BCUT2D eigenvalue weighted by molar-refractivity contribution is 5.94. The SMILES string of the molecule is CC(CC(F)(F)F)N1CCc2c(c(C(=O)N3CCOCC3)nn2Cc2ccccc2)C1. The maximum atomic E-state index is 13.2. The van der Waals surface area contributed by atoms with Crippen LogP contribution in [0.15, 0.2) is 30.3 Å². The average molecular weight is 436 g/mol. The third kappa shape index (κ3) is 5.10. The van der Waals surface area contributed by atoms with Crippen LogP contribution in [0.4, 0.5) is 13.2 Å². The van der Waals surface area contributed by atoms with Crippen molar-refractivity contribution in [1.29, 1.82) is 0 Å². The van der Waals surface area contributed by atoms with Gasteiger partial charge in [0.05, 0.1) is 26.2 Å². The Morgan fingerprint density at radius 2 is 1.87 bits per heavy atom. The molecule has 168 valence electrons. The van der Waals surface area contributed by atoms with E-state index in [1.165, 1.54) is 0 Å². The predicted molar refractivity (Wildman–Crippen MR) is 109 cm³/mol. The fraction of sp³-hybridized carbons (Fsp3) is 0.545. The number of morpholine rings is 1. The number of hydrogen-bond donors (Lipinski definition) is 0. The summed E-state index contributed by atoms with van der Waals surface area (Å²) in [6.45, 7) is 4.87. The van der Waals surface area contributed by atoms with Crippen molar-refractivity contribution in [2.24, 2.45) is 0 Å². The quantitative estimate of drug-likeness (QED) is 0.723. The Morgan fingerprint density at radius 3 is 2.55 bits per heavy atom. The maximum absolute atomic E-state index is 13.2. The highest BCUT2D eigenvalue weighted by atomic mass is 19.4. The second kappa shape index (κ2) is 9.00. The first-order valence-electron chi connectivity index (χ1n) is 10.6. The molecule has 4 rings (SSSR count). The number of fused-ring (bicyclic) bond motifs is 1. The van der Waals surface area contributed by atoms with Crippen LogP contribution in [-0.4, -0.2) is 70.6 Å². The van der Waals surface area contributed by atoms with Crippen LogP contribution in [0.3, 0.4) is 0 Å². The molecule has 2 aliphatic rings. The van der Waals surface area contributed by atoms with E-state index in [9.17, 15) is 18.0 Å². The lowest BCUT2D eigenvalue weighted by molar-refractivity contribution is -0.146. The summed E-state index contributed by atoms with van der Waals surface area (Å²) in [5.74, 6) is -0.170. The van der Waals surface area contributed by atoms with Gasteiger partial charge in [0, 0.05) is 49.9 Å². The molecule has 2 aliphatic heterocycles. The number of halogens is 3. The van der Waals surface area contributed by atoms with E-state index in [0.29, 0.717) is 58.1 Å². The molecule has 9 heteroatoms. The second-order valence-corrected chi connectivity index (χ2v) is 8.21. The summed E-state index contributed by atoms with van der Waals surface area (Å²) >= 11 is 0. The van der Waals surface area contributed by atoms with Gasteiger partial charge in [0.25, 0.3) is 5.91 Å². The van der Waals surface area contributed by atoms with Crippen molar-refractivity contribution in [3.8, 4) is 0 Å². The molecule has 3 heterocycles. The largest absolute Gasteiger partial charge is 0.390 e. The van der Waals surface area contributed by atoms with Crippen molar-refractivity contribution in [2.75, 3.05) is 32.8 Å². The van der Waals surface area contributed by atoms with Crippen LogP contribution >= 0.6 is 0 Å². The molecule has 1 amide bonds. The predicted octanol–water partition coefficient (Wildman–Crippen LogP) is 3.10. The number of carbonyl (C=O) groups is 1. The number of rotatable bonds is 5. The number of nitrogens with zero attached hydrogens (tertiary/aromatic N) is 4. The van der Waals surface area contributed by atoms with Crippen LogP contribution in [0.1, 0.15) is 40.7 Å². The molecule has 6 nitrogen and oxygen atoms in total. The molecule has 1 unspecified atom stereocenters. The molecule has 0 spiro atoms. The molecule has 0 N–H and O–H groups in total. The van der Waals surface area contributed by atoms with E-state index in [1.807, 2.05) is 35.0 Å². The Morgan fingerprint density at radius 1 is 1.16 bits per heavy atom. The van der Waals surface area contributed by atoms with E-state index in [1.54, 1.807) is 16.7 Å². The minimum Gasteiger partial charge on any atom is -0.378 e. The second-order valence-electron chi connectivity index (χ2n) is 8.21. The third-order valence-corrected chi connectivity index (χ3v) is 5.99. The topological polar surface area (TPSA) is 50.6 Å². The molecule has 1 aromatic carbocycles. The van der Waals surface area contributed by atoms with Crippen molar-refractivity contribution in [3.05, 3.63) is 52.8 Å². The van der Waals surface area contributed by atoms with Crippen molar-refractivity contribution in [2.45, 2.75) is 45.1 Å². The van der Waals surface area contributed by atoms with Gasteiger partial charge in [0.2, 0.25) is 0 Å². The Bertz CT molecular complexity index is 907. The lowest BCUT2D eigenvalue weighted by Gasteiger charge is -2.33. The van der Waals surface area contributed by atoms with Gasteiger partial charge in [-0.1, -0.05) is 30.3 Å². The minimum absolute atomic E-state index is 0.170. The number of amides is 1. The minimum atomic E-state index is -4.22. The third-order valence-electron chi connectivity index (χ3n) is 5.99. The molecular formula is C22H27F3N4O2. The van der Waals surface area contributed by atoms with Gasteiger partial charge in [-0.3, -0.25) is 14.4 Å². The van der Waals surface area contributed by atoms with Crippen molar-refractivity contribution < 1.29 is 22.7 Å². The number of aromatic nitrogens is 2. The van der Waals surface area contributed by atoms with Gasteiger partial charge in [-0.05, 0) is 12.5 Å². The molecule has 0 radical (unpaired) electrons. The van der Waals surface area contributed by atoms with Gasteiger partial charge in [0.1, 0.15) is 0 Å². The normalized spacial score (nSPS) is 18.6. The first-order valence-corrected chi connectivity index (χ1v) is 10.6. The zero-order valence-corrected chi connectivity index (χ0v) is 17.6. The standard InChI is InChI=1S/C22H27F3N4O2/c1-16(13-22(23,24)25)28-8-7-19-18(15-28)20(21(30)27-9-11-31-12-10-27)26-29(19)14-17-5-3-2-4-6-17/h2-6,16H,7-15H2,1H3. The first kappa shape index (κ1) is 21.8. The average Bonchev–Trinajstić information content (AvgIpc) is 3.11. The Balaban J connectivity index is 1.63. The van der Waals surface area contributed by atoms with Crippen LogP contribution in [0.2, 0.25) is 0 Å². The Labute approximate surface area is 179 Å². The monoisotopic (exact) mass is 436 g/mol. The summed E-state index contributed by atoms with van der Waals surface area (Å²) < 4.78 is 46.0. The summed E-state index contributed by atoms with van der Waals surface area (Å²) in [4.78, 5) is 16.8. The van der Waals surface area contributed by atoms with Crippen molar-refractivity contribution in [1.82, 2.24) is 19.6 Å². The van der Waals surface area contributed by atoms with Gasteiger partial charge in [-0.15, -0.1) is 0 Å². The summed E-state index contributed by atoms with van der Waals surface area (Å²) in [7, 11) is 0. The molecule has 0 saturated carbocycles. The van der Waals surface area contributed by atoms with E-state index < -0.39 is 18.6 Å². The molecule has 1 saturated heterocycles. The zero-order valence-electron chi connectivity index (χ0n) is 17.6. The van der Waals surface area contributed by atoms with E-state index in [-0.39, 0.29) is 5.91 Å².